The number of carbonyl (C=O) groups excluding carboxylic acids is 2. The molecule has 0 aliphatic carbocycles. The molecule has 0 radical (unpaired) electrons. The molecule has 90 valence electrons. The van der Waals surface area contributed by atoms with Gasteiger partial charge in [-0.2, -0.15) is 0 Å². The van der Waals surface area contributed by atoms with Gasteiger partial charge in [0.05, 0.1) is 6.42 Å². The van der Waals surface area contributed by atoms with Crippen LogP contribution in [0.4, 0.5) is 4.79 Å². The number of urea groups is 1. The number of carbonyl (C=O) groups is 3. The summed E-state index contributed by atoms with van der Waals surface area (Å²) in [5.74, 6) is -1.41. The van der Waals surface area contributed by atoms with Crippen LogP contribution in [0.25, 0.3) is 0 Å². The smallest absolute Gasteiger partial charge is 0.320 e. The van der Waals surface area contributed by atoms with Crippen LogP contribution in [0.5, 0.6) is 0 Å². The summed E-state index contributed by atoms with van der Waals surface area (Å²) in [6.07, 6.45) is 0.0727. The van der Waals surface area contributed by atoms with Crippen molar-refractivity contribution in [3.05, 3.63) is 0 Å². The highest BCUT2D eigenvalue weighted by Gasteiger charge is 2.33. The molecule has 1 rings (SSSR count). The molecule has 3 N–H and O–H groups in total. The van der Waals surface area contributed by atoms with Crippen LogP contribution >= 0.6 is 0 Å². The molecule has 1 aliphatic rings. The number of carboxylic acids is 1. The maximum atomic E-state index is 11.6. The van der Waals surface area contributed by atoms with Gasteiger partial charge in [-0.15, -0.1) is 0 Å². The molecular weight excluding hydrogens is 214 g/mol. The summed E-state index contributed by atoms with van der Waals surface area (Å²) in [7, 11) is 1.48. The molecule has 1 fully saturated rings. The molecule has 7 nitrogen and oxygen atoms in total. The Bertz CT molecular complexity index is 312. The zero-order valence-electron chi connectivity index (χ0n) is 9.05. The van der Waals surface area contributed by atoms with Gasteiger partial charge in [-0.3, -0.25) is 9.59 Å². The molecule has 1 aliphatic heterocycles. The zero-order valence-corrected chi connectivity index (χ0v) is 9.05. The first-order valence-corrected chi connectivity index (χ1v) is 4.90. The van der Waals surface area contributed by atoms with E-state index in [2.05, 4.69) is 0 Å². The van der Waals surface area contributed by atoms with E-state index in [1.54, 1.807) is 0 Å². The van der Waals surface area contributed by atoms with Crippen molar-refractivity contribution in [2.24, 2.45) is 11.7 Å². The average molecular weight is 229 g/mol. The van der Waals surface area contributed by atoms with Crippen molar-refractivity contribution in [3.8, 4) is 0 Å². The van der Waals surface area contributed by atoms with Crippen LogP contribution in [0.1, 0.15) is 6.42 Å². The Labute approximate surface area is 92.8 Å². The third kappa shape index (κ3) is 3.11. The van der Waals surface area contributed by atoms with E-state index in [9.17, 15) is 14.4 Å². The van der Waals surface area contributed by atoms with E-state index < -0.39 is 11.9 Å². The molecule has 0 aromatic carbocycles. The van der Waals surface area contributed by atoms with Crippen LogP contribution in [-0.4, -0.2) is 59.5 Å². The lowest BCUT2D eigenvalue weighted by atomic mass is 9.97. The summed E-state index contributed by atoms with van der Waals surface area (Å²) in [4.78, 5) is 35.3. The van der Waals surface area contributed by atoms with Crippen LogP contribution in [0.3, 0.4) is 0 Å². The summed E-state index contributed by atoms with van der Waals surface area (Å²) >= 11 is 0. The lowest BCUT2D eigenvalue weighted by Crippen LogP contribution is -2.55. The summed E-state index contributed by atoms with van der Waals surface area (Å²) in [5, 5.41) is 8.53. The molecule has 1 heterocycles. The molecule has 0 atom stereocenters. The second-order valence-corrected chi connectivity index (χ2v) is 3.97. The zero-order chi connectivity index (χ0) is 12.3. The van der Waals surface area contributed by atoms with Gasteiger partial charge in [-0.05, 0) is 0 Å². The van der Waals surface area contributed by atoms with Gasteiger partial charge in [0.2, 0.25) is 5.91 Å². The predicted molar refractivity (Wildman–Crippen MR) is 54.5 cm³/mol. The fraction of sp³-hybridized carbons (Fsp3) is 0.667. The van der Waals surface area contributed by atoms with Gasteiger partial charge < -0.3 is 20.6 Å². The molecule has 1 saturated heterocycles. The fourth-order valence-corrected chi connectivity index (χ4v) is 1.64. The molecule has 0 unspecified atom stereocenters. The van der Waals surface area contributed by atoms with Crippen molar-refractivity contribution in [2.45, 2.75) is 6.42 Å². The molecule has 3 amide bonds. The van der Waals surface area contributed by atoms with E-state index in [1.165, 1.54) is 16.8 Å². The third-order valence-electron chi connectivity index (χ3n) is 2.41. The average Bonchev–Trinajstić information content (AvgIpc) is 2.07. The Morgan fingerprint density at radius 2 is 2.00 bits per heavy atom. The van der Waals surface area contributed by atoms with Gasteiger partial charge in [0.1, 0.15) is 6.54 Å². The van der Waals surface area contributed by atoms with Crippen LogP contribution in [0.15, 0.2) is 0 Å². The van der Waals surface area contributed by atoms with Crippen molar-refractivity contribution in [1.82, 2.24) is 9.80 Å². The van der Waals surface area contributed by atoms with Crippen LogP contribution in [-0.2, 0) is 9.59 Å². The molecule has 0 bridgehead atoms. The molecule has 16 heavy (non-hydrogen) atoms. The van der Waals surface area contributed by atoms with Crippen molar-refractivity contribution in [2.75, 3.05) is 26.7 Å². The second-order valence-electron chi connectivity index (χ2n) is 3.97. The van der Waals surface area contributed by atoms with E-state index in [-0.39, 0.29) is 24.9 Å². The monoisotopic (exact) mass is 229 g/mol. The number of rotatable bonds is 4. The quantitative estimate of drug-likeness (QED) is 0.640. The number of primary amides is 1. The van der Waals surface area contributed by atoms with Gasteiger partial charge in [-0.1, -0.05) is 0 Å². The van der Waals surface area contributed by atoms with Gasteiger partial charge in [0, 0.05) is 26.1 Å². The molecular formula is C9H15N3O4. The standard InChI is InChI=1S/C9H15N3O4/c1-11(5-7(10)13)9(16)12-3-6(4-12)2-8(14)15/h6H,2-5H2,1H3,(H2,10,13)(H,14,15). The SMILES string of the molecule is CN(CC(N)=O)C(=O)N1CC(CC(=O)O)C1. The van der Waals surface area contributed by atoms with E-state index >= 15 is 0 Å². The normalized spacial score (nSPS) is 15.4. The first-order valence-electron chi connectivity index (χ1n) is 4.90. The first-order chi connectivity index (χ1) is 7.40. The number of nitrogens with zero attached hydrogens (tertiary/aromatic N) is 2. The van der Waals surface area contributed by atoms with Gasteiger partial charge in [0.25, 0.3) is 0 Å². The summed E-state index contributed by atoms with van der Waals surface area (Å²) < 4.78 is 0. The van der Waals surface area contributed by atoms with E-state index in [4.69, 9.17) is 10.8 Å². The van der Waals surface area contributed by atoms with Gasteiger partial charge in [0.15, 0.2) is 0 Å². The highest BCUT2D eigenvalue weighted by atomic mass is 16.4. The molecule has 0 spiro atoms. The Morgan fingerprint density at radius 3 is 2.44 bits per heavy atom. The van der Waals surface area contributed by atoms with Gasteiger partial charge in [-0.25, -0.2) is 4.79 Å². The lowest BCUT2D eigenvalue weighted by molar-refractivity contribution is -0.139. The Kier molecular flexibility index (Phi) is 3.70. The first kappa shape index (κ1) is 12.3. The molecule has 0 aromatic heterocycles. The molecule has 0 saturated carbocycles. The molecule has 0 aromatic rings. The number of hydrogen-bond donors (Lipinski definition) is 2. The second kappa shape index (κ2) is 4.82. The summed E-state index contributed by atoms with van der Waals surface area (Å²) in [6, 6.07) is -0.291. The highest BCUT2D eigenvalue weighted by molar-refractivity contribution is 5.83. The third-order valence-corrected chi connectivity index (χ3v) is 2.41. The minimum absolute atomic E-state index is 0.0171. The van der Waals surface area contributed by atoms with Crippen molar-refractivity contribution in [3.63, 3.8) is 0 Å². The van der Waals surface area contributed by atoms with E-state index in [0.29, 0.717) is 13.1 Å². The van der Waals surface area contributed by atoms with E-state index in [1.807, 2.05) is 0 Å². The highest BCUT2D eigenvalue weighted by Crippen LogP contribution is 2.19. The Balaban J connectivity index is 2.31. The predicted octanol–water partition coefficient (Wildman–Crippen LogP) is -1.07. The topological polar surface area (TPSA) is 104 Å². The van der Waals surface area contributed by atoms with Crippen molar-refractivity contribution in [1.29, 1.82) is 0 Å². The minimum atomic E-state index is -0.859. The Hall–Kier alpha value is -1.79. The minimum Gasteiger partial charge on any atom is -0.481 e. The van der Waals surface area contributed by atoms with E-state index in [0.717, 1.165) is 0 Å². The number of aliphatic carboxylic acids is 1. The maximum Gasteiger partial charge on any atom is 0.320 e. The number of amides is 3. The number of hydrogen-bond acceptors (Lipinski definition) is 3. The fourth-order valence-electron chi connectivity index (χ4n) is 1.64. The lowest BCUT2D eigenvalue weighted by Gasteiger charge is -2.40. The molecule has 7 heteroatoms. The van der Waals surface area contributed by atoms with Crippen molar-refractivity contribution >= 4 is 17.9 Å². The van der Waals surface area contributed by atoms with Gasteiger partial charge >= 0.3 is 12.0 Å². The van der Waals surface area contributed by atoms with Crippen molar-refractivity contribution < 1.29 is 19.5 Å². The summed E-state index contributed by atoms with van der Waals surface area (Å²) in [5.41, 5.74) is 4.95. The van der Waals surface area contributed by atoms with Crippen LogP contribution in [0, 0.1) is 5.92 Å². The number of likely N-dealkylation sites (tertiary alicyclic amines) is 1. The largest absolute Gasteiger partial charge is 0.481 e. The summed E-state index contributed by atoms with van der Waals surface area (Å²) in [6.45, 7) is 0.724. The number of likely N-dealkylation sites (N-methyl/N-ethyl adjacent to an activating group) is 1. The number of nitrogens with two attached hydrogens (primary N) is 1. The van der Waals surface area contributed by atoms with Crippen LogP contribution < -0.4 is 5.73 Å². The van der Waals surface area contributed by atoms with Crippen LogP contribution in [0.2, 0.25) is 0 Å². The number of carboxylic acid groups (broad SMARTS) is 1. The Morgan fingerprint density at radius 1 is 1.44 bits per heavy atom. The maximum absolute atomic E-state index is 11.6.